The SMILES string of the molecule is CC(C)(c1ccn[nH]1)C(O)C(=O)O. The van der Waals surface area contributed by atoms with Crippen molar-refractivity contribution < 1.29 is 15.0 Å². The number of aliphatic hydroxyl groups is 1. The lowest BCUT2D eigenvalue weighted by Crippen LogP contribution is -2.40. The Morgan fingerprint density at radius 2 is 2.31 bits per heavy atom. The summed E-state index contributed by atoms with van der Waals surface area (Å²) in [5.41, 5.74) is -0.259. The van der Waals surface area contributed by atoms with Gasteiger partial charge in [-0.05, 0) is 6.07 Å². The largest absolute Gasteiger partial charge is 0.479 e. The third-order valence-electron chi connectivity index (χ3n) is 2.11. The van der Waals surface area contributed by atoms with E-state index in [1.165, 1.54) is 6.20 Å². The summed E-state index contributed by atoms with van der Waals surface area (Å²) in [6.07, 6.45) is 0.0824. The molecule has 72 valence electrons. The minimum Gasteiger partial charge on any atom is -0.479 e. The highest BCUT2D eigenvalue weighted by molar-refractivity contribution is 5.74. The van der Waals surface area contributed by atoms with Gasteiger partial charge < -0.3 is 10.2 Å². The number of nitrogens with one attached hydrogen (secondary N) is 1. The average Bonchev–Trinajstić information content (AvgIpc) is 2.54. The van der Waals surface area contributed by atoms with Gasteiger partial charge in [0.05, 0.1) is 0 Å². The molecule has 1 aromatic rings. The second-order valence-electron chi connectivity index (χ2n) is 3.43. The molecular formula is C8H12N2O3. The minimum absolute atomic E-state index is 0.599. The van der Waals surface area contributed by atoms with Gasteiger partial charge in [-0.2, -0.15) is 5.10 Å². The smallest absolute Gasteiger partial charge is 0.333 e. The summed E-state index contributed by atoms with van der Waals surface area (Å²) in [5, 5.41) is 24.4. The summed E-state index contributed by atoms with van der Waals surface area (Å²) in [6, 6.07) is 1.64. The summed E-state index contributed by atoms with van der Waals surface area (Å²) in [6.45, 7) is 3.28. The van der Waals surface area contributed by atoms with Gasteiger partial charge in [-0.15, -0.1) is 0 Å². The van der Waals surface area contributed by atoms with Crippen LogP contribution in [0.15, 0.2) is 12.3 Å². The molecule has 0 amide bonds. The predicted molar refractivity (Wildman–Crippen MR) is 45.3 cm³/mol. The van der Waals surface area contributed by atoms with Crippen LogP contribution >= 0.6 is 0 Å². The second kappa shape index (κ2) is 3.18. The van der Waals surface area contributed by atoms with Crippen molar-refractivity contribution in [3.63, 3.8) is 0 Å². The van der Waals surface area contributed by atoms with Crippen molar-refractivity contribution in [2.75, 3.05) is 0 Å². The molecule has 1 unspecified atom stereocenters. The van der Waals surface area contributed by atoms with Gasteiger partial charge in [-0.25, -0.2) is 4.79 Å². The van der Waals surface area contributed by atoms with E-state index in [0.29, 0.717) is 5.69 Å². The number of carbonyl (C=O) groups is 1. The Morgan fingerprint density at radius 3 is 2.69 bits per heavy atom. The molecule has 1 atom stereocenters. The van der Waals surface area contributed by atoms with Crippen LogP contribution in [0.3, 0.4) is 0 Å². The maximum absolute atomic E-state index is 10.6. The third kappa shape index (κ3) is 1.70. The number of carboxylic acids is 1. The maximum Gasteiger partial charge on any atom is 0.333 e. The molecule has 3 N–H and O–H groups in total. The number of aliphatic hydroxyl groups excluding tert-OH is 1. The summed E-state index contributed by atoms with van der Waals surface area (Å²) < 4.78 is 0. The van der Waals surface area contributed by atoms with E-state index >= 15 is 0 Å². The highest BCUT2D eigenvalue weighted by atomic mass is 16.4. The quantitative estimate of drug-likeness (QED) is 0.623. The Balaban J connectivity index is 2.95. The van der Waals surface area contributed by atoms with E-state index in [4.69, 9.17) is 5.11 Å². The molecule has 5 heteroatoms. The van der Waals surface area contributed by atoms with Crippen molar-refractivity contribution in [1.82, 2.24) is 10.2 Å². The Kier molecular flexibility index (Phi) is 2.38. The number of hydrogen-bond acceptors (Lipinski definition) is 3. The molecule has 0 spiro atoms. The zero-order valence-corrected chi connectivity index (χ0v) is 7.48. The highest BCUT2D eigenvalue weighted by Gasteiger charge is 2.36. The summed E-state index contributed by atoms with van der Waals surface area (Å²) in [4.78, 5) is 10.6. The lowest BCUT2D eigenvalue weighted by Gasteiger charge is -2.25. The number of aliphatic carboxylic acids is 1. The van der Waals surface area contributed by atoms with Crippen molar-refractivity contribution in [2.45, 2.75) is 25.4 Å². The van der Waals surface area contributed by atoms with E-state index in [1.807, 2.05) is 0 Å². The van der Waals surface area contributed by atoms with Crippen LogP contribution in [0.4, 0.5) is 0 Å². The molecule has 0 radical (unpaired) electrons. The predicted octanol–water partition coefficient (Wildman–Crippen LogP) is 0.133. The van der Waals surface area contributed by atoms with Gasteiger partial charge in [-0.3, -0.25) is 5.10 Å². The fraction of sp³-hybridized carbons (Fsp3) is 0.500. The van der Waals surface area contributed by atoms with Crippen LogP contribution in [0.2, 0.25) is 0 Å². The second-order valence-corrected chi connectivity index (χ2v) is 3.43. The Bertz CT molecular complexity index is 292. The maximum atomic E-state index is 10.6. The van der Waals surface area contributed by atoms with Gasteiger partial charge in [0.25, 0.3) is 0 Å². The first-order chi connectivity index (χ1) is 5.96. The van der Waals surface area contributed by atoms with Crippen LogP contribution in [-0.2, 0) is 10.2 Å². The van der Waals surface area contributed by atoms with Crippen molar-refractivity contribution >= 4 is 5.97 Å². The average molecular weight is 184 g/mol. The molecule has 0 saturated carbocycles. The van der Waals surface area contributed by atoms with E-state index in [1.54, 1.807) is 19.9 Å². The Morgan fingerprint density at radius 1 is 1.69 bits per heavy atom. The zero-order valence-electron chi connectivity index (χ0n) is 7.48. The van der Waals surface area contributed by atoms with Crippen molar-refractivity contribution in [1.29, 1.82) is 0 Å². The monoisotopic (exact) mass is 184 g/mol. The molecule has 1 aromatic heterocycles. The van der Waals surface area contributed by atoms with Gasteiger partial charge in [-0.1, -0.05) is 13.8 Å². The van der Waals surface area contributed by atoms with Gasteiger partial charge in [0.15, 0.2) is 6.10 Å². The molecule has 5 nitrogen and oxygen atoms in total. The number of nitrogens with zero attached hydrogens (tertiary/aromatic N) is 1. The van der Waals surface area contributed by atoms with E-state index in [9.17, 15) is 9.90 Å². The number of rotatable bonds is 3. The third-order valence-corrected chi connectivity index (χ3v) is 2.11. The molecule has 0 fully saturated rings. The van der Waals surface area contributed by atoms with Crippen LogP contribution < -0.4 is 0 Å². The van der Waals surface area contributed by atoms with Gasteiger partial charge >= 0.3 is 5.97 Å². The number of aromatic amines is 1. The van der Waals surface area contributed by atoms with Crippen molar-refractivity contribution in [3.8, 4) is 0 Å². The van der Waals surface area contributed by atoms with Crippen LogP contribution in [0, 0.1) is 0 Å². The first kappa shape index (κ1) is 9.73. The molecule has 13 heavy (non-hydrogen) atoms. The fourth-order valence-electron chi connectivity index (χ4n) is 1.07. The standard InChI is InChI=1S/C8H12N2O3/c1-8(2,6(11)7(12)13)5-3-4-9-10-5/h3-4,6,11H,1-2H3,(H,9,10)(H,12,13). The van der Waals surface area contributed by atoms with Gasteiger partial charge in [0, 0.05) is 17.3 Å². The zero-order chi connectivity index (χ0) is 10.1. The van der Waals surface area contributed by atoms with Gasteiger partial charge in [0.2, 0.25) is 0 Å². The summed E-state index contributed by atoms with van der Waals surface area (Å²) >= 11 is 0. The van der Waals surface area contributed by atoms with Crippen LogP contribution in [0.1, 0.15) is 19.5 Å². The lowest BCUT2D eigenvalue weighted by atomic mass is 9.83. The van der Waals surface area contributed by atoms with Crippen LogP contribution in [0.5, 0.6) is 0 Å². The molecule has 0 aliphatic carbocycles. The lowest BCUT2D eigenvalue weighted by molar-refractivity contribution is -0.150. The van der Waals surface area contributed by atoms with Crippen LogP contribution in [-0.4, -0.2) is 32.5 Å². The summed E-state index contributed by atoms with van der Waals surface area (Å²) in [5.74, 6) is -1.24. The number of H-pyrrole nitrogens is 1. The first-order valence-electron chi connectivity index (χ1n) is 3.87. The molecule has 0 bridgehead atoms. The van der Waals surface area contributed by atoms with Crippen LogP contribution in [0.25, 0.3) is 0 Å². The number of carboxylic acid groups (broad SMARTS) is 1. The normalized spacial score (nSPS) is 14.1. The highest BCUT2D eigenvalue weighted by Crippen LogP contribution is 2.25. The number of hydrogen-bond donors (Lipinski definition) is 3. The first-order valence-corrected chi connectivity index (χ1v) is 3.87. The van der Waals surface area contributed by atoms with E-state index in [0.717, 1.165) is 0 Å². The Labute approximate surface area is 75.4 Å². The van der Waals surface area contributed by atoms with E-state index in [-0.39, 0.29) is 0 Å². The fourth-order valence-corrected chi connectivity index (χ4v) is 1.07. The topological polar surface area (TPSA) is 86.2 Å². The number of aromatic nitrogens is 2. The van der Waals surface area contributed by atoms with E-state index in [2.05, 4.69) is 10.2 Å². The molecule has 1 heterocycles. The van der Waals surface area contributed by atoms with Gasteiger partial charge in [0.1, 0.15) is 0 Å². The molecule has 0 saturated heterocycles. The molecular weight excluding hydrogens is 172 g/mol. The summed E-state index contributed by atoms with van der Waals surface area (Å²) in [7, 11) is 0. The molecule has 0 aliphatic rings. The van der Waals surface area contributed by atoms with E-state index < -0.39 is 17.5 Å². The molecule has 0 aromatic carbocycles. The van der Waals surface area contributed by atoms with Crippen molar-refractivity contribution in [3.05, 3.63) is 18.0 Å². The molecule has 1 rings (SSSR count). The molecule has 0 aliphatic heterocycles. The minimum atomic E-state index is -1.44. The van der Waals surface area contributed by atoms with Crippen molar-refractivity contribution in [2.24, 2.45) is 0 Å². The Hall–Kier alpha value is -1.36.